The molecule has 96 valence electrons. The first-order valence-corrected chi connectivity index (χ1v) is 5.84. The Kier molecular flexibility index (Phi) is 5.79. The third-order valence-electron chi connectivity index (χ3n) is 2.40. The van der Waals surface area contributed by atoms with Crippen molar-refractivity contribution in [3.63, 3.8) is 0 Å². The molecule has 0 aromatic rings. The van der Waals surface area contributed by atoms with Crippen molar-refractivity contribution in [3.05, 3.63) is 0 Å². The van der Waals surface area contributed by atoms with Crippen molar-refractivity contribution < 1.29 is 9.53 Å². The van der Waals surface area contributed by atoms with Gasteiger partial charge in [-0.25, -0.2) is 4.79 Å². The SMILES string of the molecule is CN[C@@H](C)[C@H](NC(=O)OC(C)(C)C)C(C)C. The number of ether oxygens (including phenoxy) is 1. The predicted octanol–water partition coefficient (Wildman–Crippen LogP) is 2.14. The van der Waals surface area contributed by atoms with E-state index >= 15 is 0 Å². The van der Waals surface area contributed by atoms with Gasteiger partial charge < -0.3 is 15.4 Å². The molecule has 0 aromatic carbocycles. The summed E-state index contributed by atoms with van der Waals surface area (Å²) >= 11 is 0. The van der Waals surface area contributed by atoms with E-state index in [9.17, 15) is 4.79 Å². The molecule has 0 rings (SSSR count). The number of carbonyl (C=O) groups is 1. The highest BCUT2D eigenvalue weighted by Gasteiger charge is 2.24. The van der Waals surface area contributed by atoms with Crippen LogP contribution in [0.4, 0.5) is 4.79 Å². The Balaban J connectivity index is 4.36. The molecule has 0 unspecified atom stereocenters. The summed E-state index contributed by atoms with van der Waals surface area (Å²) in [5.41, 5.74) is -0.450. The van der Waals surface area contributed by atoms with Gasteiger partial charge in [0.2, 0.25) is 0 Å². The topological polar surface area (TPSA) is 50.4 Å². The van der Waals surface area contributed by atoms with Gasteiger partial charge in [0.1, 0.15) is 5.60 Å². The van der Waals surface area contributed by atoms with E-state index in [1.54, 1.807) is 0 Å². The Labute approximate surface area is 99.1 Å². The lowest BCUT2D eigenvalue weighted by atomic mass is 9.98. The van der Waals surface area contributed by atoms with Crippen molar-refractivity contribution in [2.24, 2.45) is 5.92 Å². The van der Waals surface area contributed by atoms with Gasteiger partial charge >= 0.3 is 6.09 Å². The van der Waals surface area contributed by atoms with E-state index in [4.69, 9.17) is 4.74 Å². The Morgan fingerprint density at radius 3 is 2.00 bits per heavy atom. The average Bonchev–Trinajstić information content (AvgIpc) is 2.09. The highest BCUT2D eigenvalue weighted by Crippen LogP contribution is 2.10. The molecule has 0 radical (unpaired) electrons. The number of carbonyl (C=O) groups excluding carboxylic acids is 1. The lowest BCUT2D eigenvalue weighted by Crippen LogP contribution is -2.51. The van der Waals surface area contributed by atoms with Gasteiger partial charge in [-0.15, -0.1) is 0 Å². The lowest BCUT2D eigenvalue weighted by molar-refractivity contribution is 0.0478. The van der Waals surface area contributed by atoms with Crippen LogP contribution in [0.5, 0.6) is 0 Å². The zero-order valence-corrected chi connectivity index (χ0v) is 11.5. The van der Waals surface area contributed by atoms with Crippen LogP contribution in [0.1, 0.15) is 41.5 Å². The van der Waals surface area contributed by atoms with Crippen LogP contribution >= 0.6 is 0 Å². The maximum absolute atomic E-state index is 11.6. The summed E-state index contributed by atoms with van der Waals surface area (Å²) in [6, 6.07) is 0.285. The summed E-state index contributed by atoms with van der Waals surface area (Å²) in [7, 11) is 1.89. The second-order valence-electron chi connectivity index (χ2n) is 5.49. The van der Waals surface area contributed by atoms with Crippen LogP contribution in [0.15, 0.2) is 0 Å². The second kappa shape index (κ2) is 6.09. The van der Waals surface area contributed by atoms with Gasteiger partial charge in [-0.3, -0.25) is 0 Å². The summed E-state index contributed by atoms with van der Waals surface area (Å²) in [5, 5.41) is 6.04. The first kappa shape index (κ1) is 15.2. The van der Waals surface area contributed by atoms with Crippen LogP contribution < -0.4 is 10.6 Å². The molecule has 0 aromatic heterocycles. The smallest absolute Gasteiger partial charge is 0.407 e. The van der Waals surface area contributed by atoms with Crippen molar-refractivity contribution in [1.82, 2.24) is 10.6 Å². The fourth-order valence-corrected chi connectivity index (χ4v) is 1.49. The molecule has 0 bridgehead atoms. The molecule has 0 saturated carbocycles. The van der Waals surface area contributed by atoms with Crippen molar-refractivity contribution in [1.29, 1.82) is 0 Å². The second-order valence-corrected chi connectivity index (χ2v) is 5.49. The molecule has 1 amide bonds. The number of rotatable bonds is 4. The third kappa shape index (κ3) is 5.95. The molecule has 2 atom stereocenters. The van der Waals surface area contributed by atoms with Crippen molar-refractivity contribution in [2.75, 3.05) is 7.05 Å². The van der Waals surface area contributed by atoms with Crippen LogP contribution in [-0.2, 0) is 4.74 Å². The molecule has 0 aliphatic carbocycles. The minimum absolute atomic E-state index is 0.0693. The highest BCUT2D eigenvalue weighted by atomic mass is 16.6. The van der Waals surface area contributed by atoms with E-state index < -0.39 is 5.60 Å². The molecule has 0 aliphatic rings. The Bertz CT molecular complexity index is 222. The van der Waals surface area contributed by atoms with E-state index in [0.717, 1.165) is 0 Å². The fourth-order valence-electron chi connectivity index (χ4n) is 1.49. The van der Waals surface area contributed by atoms with Gasteiger partial charge in [0, 0.05) is 12.1 Å². The first-order valence-electron chi connectivity index (χ1n) is 5.84. The first-order chi connectivity index (χ1) is 7.17. The minimum Gasteiger partial charge on any atom is -0.444 e. The number of likely N-dealkylation sites (N-methyl/N-ethyl adjacent to an activating group) is 1. The molecule has 0 saturated heterocycles. The summed E-state index contributed by atoms with van der Waals surface area (Å²) in [6.07, 6.45) is -0.353. The number of nitrogens with one attached hydrogen (secondary N) is 2. The molecule has 4 nitrogen and oxygen atoms in total. The average molecular weight is 230 g/mol. The van der Waals surface area contributed by atoms with Gasteiger partial charge in [-0.1, -0.05) is 13.8 Å². The van der Waals surface area contributed by atoms with E-state index in [1.165, 1.54) is 0 Å². The molecule has 2 N–H and O–H groups in total. The van der Waals surface area contributed by atoms with Crippen LogP contribution in [0.25, 0.3) is 0 Å². The normalized spacial score (nSPS) is 15.8. The lowest BCUT2D eigenvalue weighted by Gasteiger charge is -2.29. The zero-order chi connectivity index (χ0) is 12.9. The third-order valence-corrected chi connectivity index (χ3v) is 2.40. The molecule has 0 spiro atoms. The zero-order valence-electron chi connectivity index (χ0n) is 11.5. The van der Waals surface area contributed by atoms with Gasteiger partial charge in [0.25, 0.3) is 0 Å². The number of amides is 1. The largest absolute Gasteiger partial charge is 0.444 e. The maximum Gasteiger partial charge on any atom is 0.407 e. The summed E-state index contributed by atoms with van der Waals surface area (Å²) in [5.74, 6) is 0.356. The fraction of sp³-hybridized carbons (Fsp3) is 0.917. The van der Waals surface area contributed by atoms with E-state index in [0.29, 0.717) is 5.92 Å². The van der Waals surface area contributed by atoms with Gasteiger partial charge in [-0.05, 0) is 40.7 Å². The Hall–Kier alpha value is -0.770. The molecule has 16 heavy (non-hydrogen) atoms. The molecular weight excluding hydrogens is 204 g/mol. The predicted molar refractivity (Wildman–Crippen MR) is 66.5 cm³/mol. The molecular formula is C12H26N2O2. The summed E-state index contributed by atoms with van der Waals surface area (Å²) in [6.45, 7) is 11.8. The van der Waals surface area contributed by atoms with Gasteiger partial charge in [-0.2, -0.15) is 0 Å². The van der Waals surface area contributed by atoms with E-state index in [2.05, 4.69) is 24.5 Å². The Morgan fingerprint density at radius 1 is 1.19 bits per heavy atom. The molecule has 0 heterocycles. The molecule has 4 heteroatoms. The van der Waals surface area contributed by atoms with Crippen LogP contribution in [-0.4, -0.2) is 30.8 Å². The van der Waals surface area contributed by atoms with Crippen molar-refractivity contribution in [3.8, 4) is 0 Å². The van der Waals surface area contributed by atoms with Crippen LogP contribution in [0, 0.1) is 5.92 Å². The maximum atomic E-state index is 11.6. The number of alkyl carbamates (subject to hydrolysis) is 1. The van der Waals surface area contributed by atoms with Crippen molar-refractivity contribution in [2.45, 2.75) is 59.2 Å². The highest BCUT2D eigenvalue weighted by molar-refractivity contribution is 5.68. The summed E-state index contributed by atoms with van der Waals surface area (Å²) in [4.78, 5) is 11.6. The van der Waals surface area contributed by atoms with Gasteiger partial charge in [0.05, 0.1) is 0 Å². The molecule has 0 aliphatic heterocycles. The number of hydrogen-bond acceptors (Lipinski definition) is 3. The van der Waals surface area contributed by atoms with Crippen molar-refractivity contribution >= 4 is 6.09 Å². The standard InChI is InChI=1S/C12H26N2O2/c1-8(2)10(9(3)13-7)14-11(15)16-12(4,5)6/h8-10,13H,1-7H3,(H,14,15)/t9-,10+/m0/s1. The van der Waals surface area contributed by atoms with Crippen LogP contribution in [0.3, 0.4) is 0 Å². The van der Waals surface area contributed by atoms with E-state index in [1.807, 2.05) is 34.7 Å². The van der Waals surface area contributed by atoms with E-state index in [-0.39, 0.29) is 18.2 Å². The van der Waals surface area contributed by atoms with Gasteiger partial charge in [0.15, 0.2) is 0 Å². The molecule has 0 fully saturated rings. The number of hydrogen-bond donors (Lipinski definition) is 2. The van der Waals surface area contributed by atoms with Crippen LogP contribution in [0.2, 0.25) is 0 Å². The quantitative estimate of drug-likeness (QED) is 0.778. The summed E-state index contributed by atoms with van der Waals surface area (Å²) < 4.78 is 5.24. The monoisotopic (exact) mass is 230 g/mol. The Morgan fingerprint density at radius 2 is 1.69 bits per heavy atom. The minimum atomic E-state index is -0.450.